The van der Waals surface area contributed by atoms with Crippen LogP contribution in [0, 0.1) is 5.82 Å². The maximum atomic E-state index is 13.1. The summed E-state index contributed by atoms with van der Waals surface area (Å²) in [7, 11) is 1.60. The van der Waals surface area contributed by atoms with E-state index in [-0.39, 0.29) is 17.0 Å². The van der Waals surface area contributed by atoms with Crippen LogP contribution in [0.1, 0.15) is 22.0 Å². The number of hydrogen-bond donors (Lipinski definition) is 0. The predicted molar refractivity (Wildman–Crippen MR) is 92.3 cm³/mol. The molecule has 1 unspecified atom stereocenters. The minimum Gasteiger partial charge on any atom is -0.497 e. The Labute approximate surface area is 147 Å². The predicted octanol–water partition coefficient (Wildman–Crippen LogP) is 3.97. The molecule has 3 aromatic rings. The maximum Gasteiger partial charge on any atom is 0.250 e. The number of methoxy groups -OCH3 is 1. The summed E-state index contributed by atoms with van der Waals surface area (Å²) in [5.74, 6) is 0.837. The zero-order valence-corrected chi connectivity index (χ0v) is 14.2. The summed E-state index contributed by atoms with van der Waals surface area (Å²) < 4.78 is 19.6. The van der Waals surface area contributed by atoms with Crippen LogP contribution in [0.25, 0.3) is 11.4 Å². The van der Waals surface area contributed by atoms with Gasteiger partial charge in [-0.25, -0.2) is 9.37 Å². The lowest BCUT2D eigenvalue weighted by Crippen LogP contribution is -2.20. The lowest BCUT2D eigenvalue weighted by molar-refractivity contribution is 0.0868. The number of ether oxygens (including phenoxy) is 1. The lowest BCUT2D eigenvalue weighted by Gasteiger charge is -2.20. The Hall–Kier alpha value is -2.67. The summed E-state index contributed by atoms with van der Waals surface area (Å²) >= 11 is 1.46. The SMILES string of the molecule is COc1ccc(-c2nc3n(n2)C(=O)CC(c2ccc(F)cc2)S3)cc1. The van der Waals surface area contributed by atoms with Gasteiger partial charge in [-0.15, -0.1) is 5.10 Å². The first-order valence-electron chi connectivity index (χ1n) is 7.71. The first-order valence-corrected chi connectivity index (χ1v) is 8.59. The highest BCUT2D eigenvalue weighted by Gasteiger charge is 2.30. The number of halogens is 1. The van der Waals surface area contributed by atoms with Crippen LogP contribution < -0.4 is 4.74 Å². The van der Waals surface area contributed by atoms with Gasteiger partial charge in [0.2, 0.25) is 0 Å². The molecule has 0 saturated carbocycles. The first-order chi connectivity index (χ1) is 12.1. The highest BCUT2D eigenvalue weighted by atomic mass is 32.2. The molecule has 0 radical (unpaired) electrons. The van der Waals surface area contributed by atoms with E-state index in [0.29, 0.717) is 17.4 Å². The van der Waals surface area contributed by atoms with Gasteiger partial charge in [0.05, 0.1) is 7.11 Å². The minimum absolute atomic E-state index is 0.0893. The molecule has 0 amide bonds. The fourth-order valence-corrected chi connectivity index (χ4v) is 3.83. The molecule has 0 saturated heterocycles. The summed E-state index contributed by atoms with van der Waals surface area (Å²) in [6, 6.07) is 13.6. The van der Waals surface area contributed by atoms with Crippen molar-refractivity contribution in [1.29, 1.82) is 0 Å². The fraction of sp³-hybridized carbons (Fsp3) is 0.167. The van der Waals surface area contributed by atoms with Crippen molar-refractivity contribution >= 4 is 17.7 Å². The van der Waals surface area contributed by atoms with Crippen molar-refractivity contribution in [2.24, 2.45) is 0 Å². The van der Waals surface area contributed by atoms with Crippen LogP contribution in [-0.4, -0.2) is 27.8 Å². The summed E-state index contributed by atoms with van der Waals surface area (Å²) in [6.07, 6.45) is 0.300. The Morgan fingerprint density at radius 1 is 1.16 bits per heavy atom. The van der Waals surface area contributed by atoms with Gasteiger partial charge in [0, 0.05) is 17.2 Å². The van der Waals surface area contributed by atoms with Gasteiger partial charge in [-0.2, -0.15) is 4.68 Å². The van der Waals surface area contributed by atoms with Gasteiger partial charge in [0.1, 0.15) is 11.6 Å². The van der Waals surface area contributed by atoms with Crippen LogP contribution in [0.3, 0.4) is 0 Å². The lowest BCUT2D eigenvalue weighted by atomic mass is 10.1. The van der Waals surface area contributed by atoms with Crippen molar-refractivity contribution in [2.45, 2.75) is 16.8 Å². The highest BCUT2D eigenvalue weighted by molar-refractivity contribution is 7.99. The first kappa shape index (κ1) is 15.8. The van der Waals surface area contributed by atoms with E-state index in [4.69, 9.17) is 4.74 Å². The Morgan fingerprint density at radius 2 is 1.88 bits per heavy atom. The Balaban J connectivity index is 1.64. The molecular formula is C18H14FN3O2S. The van der Waals surface area contributed by atoms with Crippen LogP contribution in [0.5, 0.6) is 5.75 Å². The number of rotatable bonds is 3. The average Bonchev–Trinajstić information content (AvgIpc) is 3.07. The molecule has 7 heteroatoms. The summed E-state index contributed by atoms with van der Waals surface area (Å²) in [5.41, 5.74) is 1.72. The highest BCUT2D eigenvalue weighted by Crippen LogP contribution is 2.41. The third kappa shape index (κ3) is 3.02. The van der Waals surface area contributed by atoms with Crippen LogP contribution in [0.15, 0.2) is 53.7 Å². The minimum atomic E-state index is -0.291. The molecule has 0 fully saturated rings. The van der Waals surface area contributed by atoms with E-state index in [1.165, 1.54) is 28.6 Å². The largest absolute Gasteiger partial charge is 0.497 e. The summed E-state index contributed by atoms with van der Waals surface area (Å²) in [6.45, 7) is 0. The molecular weight excluding hydrogens is 341 g/mol. The Morgan fingerprint density at radius 3 is 2.56 bits per heavy atom. The number of thioether (sulfide) groups is 1. The molecule has 0 spiro atoms. The van der Waals surface area contributed by atoms with Crippen LogP contribution in [-0.2, 0) is 0 Å². The molecule has 1 aromatic heterocycles. The number of aromatic nitrogens is 3. The zero-order chi connectivity index (χ0) is 17.4. The molecule has 25 heavy (non-hydrogen) atoms. The van der Waals surface area contributed by atoms with Crippen LogP contribution in [0.2, 0.25) is 0 Å². The van der Waals surface area contributed by atoms with Gasteiger partial charge in [0.25, 0.3) is 5.91 Å². The molecule has 0 bridgehead atoms. The summed E-state index contributed by atoms with van der Waals surface area (Å²) in [4.78, 5) is 16.9. The number of fused-ring (bicyclic) bond motifs is 1. The molecule has 2 heterocycles. The third-order valence-corrected chi connectivity index (χ3v) is 5.21. The fourth-order valence-electron chi connectivity index (χ4n) is 2.68. The molecule has 4 rings (SSSR count). The van der Waals surface area contributed by atoms with Crippen molar-refractivity contribution in [2.75, 3.05) is 7.11 Å². The number of hydrogen-bond acceptors (Lipinski definition) is 5. The van der Waals surface area contributed by atoms with E-state index >= 15 is 0 Å². The molecule has 1 aliphatic heterocycles. The van der Waals surface area contributed by atoms with E-state index < -0.39 is 0 Å². The Bertz CT molecular complexity index is 922. The van der Waals surface area contributed by atoms with Crippen molar-refractivity contribution in [3.8, 4) is 17.1 Å². The van der Waals surface area contributed by atoms with Crippen molar-refractivity contribution in [3.05, 3.63) is 59.9 Å². The monoisotopic (exact) mass is 355 g/mol. The molecule has 0 aliphatic carbocycles. The van der Waals surface area contributed by atoms with Crippen LogP contribution in [0.4, 0.5) is 4.39 Å². The van der Waals surface area contributed by atoms with Crippen LogP contribution >= 0.6 is 11.8 Å². The quantitative estimate of drug-likeness (QED) is 0.711. The summed E-state index contributed by atoms with van der Waals surface area (Å²) in [5, 5.41) is 4.80. The van der Waals surface area contributed by atoms with Gasteiger partial charge in [0.15, 0.2) is 11.0 Å². The third-order valence-electron chi connectivity index (χ3n) is 4.01. The molecule has 1 aliphatic rings. The normalized spacial score (nSPS) is 16.6. The molecule has 1 atom stereocenters. The number of benzene rings is 2. The topological polar surface area (TPSA) is 57.0 Å². The van der Waals surface area contributed by atoms with E-state index in [2.05, 4.69) is 10.1 Å². The standard InChI is InChI=1S/C18H14FN3O2S/c1-24-14-8-4-12(5-9-14)17-20-18-22(21-17)16(23)10-15(25-18)11-2-6-13(19)7-3-11/h2-9,15H,10H2,1H3. The van der Waals surface area contributed by atoms with Gasteiger partial charge >= 0.3 is 0 Å². The molecule has 5 nitrogen and oxygen atoms in total. The van der Waals surface area contributed by atoms with Gasteiger partial charge in [-0.05, 0) is 42.0 Å². The smallest absolute Gasteiger partial charge is 0.250 e. The van der Waals surface area contributed by atoms with Gasteiger partial charge in [-0.3, -0.25) is 4.79 Å². The van der Waals surface area contributed by atoms with E-state index in [1.807, 2.05) is 24.3 Å². The number of nitrogens with zero attached hydrogens (tertiary/aromatic N) is 3. The average molecular weight is 355 g/mol. The second-order valence-corrected chi connectivity index (χ2v) is 6.78. The maximum absolute atomic E-state index is 13.1. The molecule has 0 N–H and O–H groups in total. The van der Waals surface area contributed by atoms with Gasteiger partial charge in [-0.1, -0.05) is 23.9 Å². The second kappa shape index (κ2) is 6.33. The van der Waals surface area contributed by atoms with E-state index in [9.17, 15) is 9.18 Å². The number of carbonyl (C=O) groups is 1. The zero-order valence-electron chi connectivity index (χ0n) is 13.3. The van der Waals surface area contributed by atoms with Crippen molar-refractivity contribution < 1.29 is 13.9 Å². The Kier molecular flexibility index (Phi) is 4.01. The molecule has 2 aromatic carbocycles. The van der Waals surface area contributed by atoms with E-state index in [1.54, 1.807) is 19.2 Å². The van der Waals surface area contributed by atoms with Crippen molar-refractivity contribution in [3.63, 3.8) is 0 Å². The number of carbonyl (C=O) groups excluding carboxylic acids is 1. The van der Waals surface area contributed by atoms with Crippen molar-refractivity contribution in [1.82, 2.24) is 14.8 Å². The van der Waals surface area contributed by atoms with E-state index in [0.717, 1.165) is 16.9 Å². The second-order valence-electron chi connectivity index (χ2n) is 5.61. The molecule has 126 valence electrons. The van der Waals surface area contributed by atoms with Gasteiger partial charge < -0.3 is 4.74 Å².